The maximum Gasteiger partial charge on any atom is 0.411 e. The number of carbonyl (C=O) groups is 1. The quantitative estimate of drug-likeness (QED) is 0.166. The van der Waals surface area contributed by atoms with Crippen LogP contribution < -0.4 is 5.32 Å². The number of thioether (sulfide) groups is 1. The Kier molecular flexibility index (Phi) is 8.95. The summed E-state index contributed by atoms with van der Waals surface area (Å²) in [7, 11) is 0. The minimum atomic E-state index is -0.591. The Balaban J connectivity index is 1.34. The molecule has 1 fully saturated rings. The molecule has 5 rings (SSSR count). The van der Waals surface area contributed by atoms with Gasteiger partial charge in [0, 0.05) is 22.9 Å². The van der Waals surface area contributed by atoms with Gasteiger partial charge < -0.3 is 19.3 Å². The molecule has 0 aliphatic carbocycles. The first-order valence-electron chi connectivity index (χ1n) is 12.7. The number of nitrogens with one attached hydrogen (secondary N) is 1. The van der Waals surface area contributed by atoms with E-state index in [9.17, 15) is 9.90 Å². The van der Waals surface area contributed by atoms with Crippen LogP contribution in [0.15, 0.2) is 89.8 Å². The molecule has 1 amide bonds. The number of benzene rings is 3. The normalized spacial score (nSPS) is 21.0. The van der Waals surface area contributed by atoms with Gasteiger partial charge in [-0.15, -0.1) is 11.3 Å². The first kappa shape index (κ1) is 27.4. The second-order valence-electron chi connectivity index (χ2n) is 9.21. The molecule has 2 heterocycles. The van der Waals surface area contributed by atoms with Crippen molar-refractivity contribution in [3.05, 3.63) is 102 Å². The van der Waals surface area contributed by atoms with Gasteiger partial charge in [0.2, 0.25) is 0 Å². The molecule has 0 radical (unpaired) electrons. The summed E-state index contributed by atoms with van der Waals surface area (Å²) in [5.74, 6) is 0.796. The van der Waals surface area contributed by atoms with Gasteiger partial charge in [0.15, 0.2) is 10.6 Å². The number of para-hydroxylation sites is 1. The predicted molar refractivity (Wildman–Crippen MR) is 155 cm³/mol. The number of aromatic nitrogens is 1. The fraction of sp³-hybridized carbons (Fsp3) is 0.267. The zero-order valence-corrected chi connectivity index (χ0v) is 23.1. The molecule has 0 bridgehead atoms. The number of carbonyl (C=O) groups excluding carboxylic acids is 1. The van der Waals surface area contributed by atoms with Gasteiger partial charge in [-0.2, -0.15) is 0 Å². The number of nitrogens with zero attached hydrogens (tertiary/aromatic N) is 1. The van der Waals surface area contributed by atoms with Crippen LogP contribution in [0, 0.1) is 5.92 Å². The van der Waals surface area contributed by atoms with E-state index < -0.39 is 12.4 Å². The molecule has 0 saturated carbocycles. The monoisotopic (exact) mass is 562 g/mol. The molecule has 9 heteroatoms. The van der Waals surface area contributed by atoms with Gasteiger partial charge in [0.25, 0.3) is 0 Å². The first-order chi connectivity index (χ1) is 19.0. The summed E-state index contributed by atoms with van der Waals surface area (Å²) in [6.07, 6.45) is 0.0753. The van der Waals surface area contributed by atoms with Crippen LogP contribution in [0.4, 0.5) is 10.5 Å². The third-order valence-corrected chi connectivity index (χ3v) is 8.80. The van der Waals surface area contributed by atoms with E-state index in [0.717, 1.165) is 32.3 Å². The molecule has 7 nitrogen and oxygen atoms in total. The Morgan fingerprint density at radius 1 is 1.10 bits per heavy atom. The third kappa shape index (κ3) is 6.69. The molecule has 0 spiro atoms. The van der Waals surface area contributed by atoms with Crippen LogP contribution in [0.2, 0.25) is 0 Å². The Hall–Kier alpha value is -3.21. The van der Waals surface area contributed by atoms with Gasteiger partial charge in [-0.25, -0.2) is 9.78 Å². The highest BCUT2D eigenvalue weighted by Gasteiger charge is 2.38. The third-order valence-electron chi connectivity index (χ3n) is 6.53. The molecular formula is C30H30N2O5S2. The van der Waals surface area contributed by atoms with E-state index in [1.807, 2.05) is 54.6 Å². The summed E-state index contributed by atoms with van der Waals surface area (Å²) in [4.78, 5) is 16.6. The fourth-order valence-electron chi connectivity index (χ4n) is 4.39. The van der Waals surface area contributed by atoms with Gasteiger partial charge >= 0.3 is 6.09 Å². The molecule has 1 aliphatic rings. The highest BCUT2D eigenvalue weighted by atomic mass is 32.2. The van der Waals surface area contributed by atoms with E-state index in [4.69, 9.17) is 19.2 Å². The van der Waals surface area contributed by atoms with E-state index in [-0.39, 0.29) is 31.3 Å². The van der Waals surface area contributed by atoms with Crippen molar-refractivity contribution in [2.45, 2.75) is 36.4 Å². The average Bonchev–Trinajstić information content (AvgIpc) is 3.39. The summed E-state index contributed by atoms with van der Waals surface area (Å²) in [5.41, 5.74) is 4.35. The zero-order valence-electron chi connectivity index (χ0n) is 21.5. The molecule has 0 unspecified atom stereocenters. The maximum absolute atomic E-state index is 11.9. The molecule has 4 aromatic rings. The van der Waals surface area contributed by atoms with Crippen LogP contribution in [0.25, 0.3) is 10.2 Å². The lowest BCUT2D eigenvalue weighted by Crippen LogP contribution is -2.38. The maximum atomic E-state index is 11.9. The molecule has 3 aromatic carbocycles. The van der Waals surface area contributed by atoms with Crippen LogP contribution in [0.3, 0.4) is 0 Å². The number of aliphatic hydroxyl groups is 1. The number of hydrogen-bond acceptors (Lipinski definition) is 8. The molecule has 2 N–H and O–H groups in total. The number of hydrogen-bond donors (Lipinski definition) is 2. The topological polar surface area (TPSA) is 89.9 Å². The number of fused-ring (bicyclic) bond motifs is 1. The molecule has 202 valence electrons. The van der Waals surface area contributed by atoms with Crippen LogP contribution in [-0.4, -0.2) is 34.6 Å². The lowest BCUT2D eigenvalue weighted by atomic mass is 9.91. The van der Waals surface area contributed by atoms with Crippen molar-refractivity contribution in [2.24, 2.45) is 5.92 Å². The second kappa shape index (κ2) is 12.8. The highest BCUT2D eigenvalue weighted by Crippen LogP contribution is 2.43. The van der Waals surface area contributed by atoms with Gasteiger partial charge in [0.1, 0.15) is 6.61 Å². The van der Waals surface area contributed by atoms with Crippen molar-refractivity contribution in [3.8, 4) is 0 Å². The van der Waals surface area contributed by atoms with Crippen molar-refractivity contribution in [2.75, 3.05) is 17.7 Å². The summed E-state index contributed by atoms with van der Waals surface area (Å²) in [5, 5.41) is 12.2. The second-order valence-corrected chi connectivity index (χ2v) is 11.5. The van der Waals surface area contributed by atoms with E-state index in [1.54, 1.807) is 35.2 Å². The van der Waals surface area contributed by atoms with Crippen molar-refractivity contribution >= 4 is 45.1 Å². The number of rotatable bonds is 9. The van der Waals surface area contributed by atoms with Crippen molar-refractivity contribution < 1.29 is 24.1 Å². The van der Waals surface area contributed by atoms with Gasteiger partial charge in [-0.3, -0.25) is 5.32 Å². The minimum Gasteiger partial charge on any atom is -0.445 e. The predicted octanol–water partition coefficient (Wildman–Crippen LogP) is 7.11. The first-order valence-corrected chi connectivity index (χ1v) is 14.5. The summed E-state index contributed by atoms with van der Waals surface area (Å²) in [6, 6.07) is 23.4. The van der Waals surface area contributed by atoms with Crippen molar-refractivity contribution in [1.29, 1.82) is 0 Å². The fourth-order valence-corrected chi connectivity index (χ4v) is 6.65. The highest BCUT2D eigenvalue weighted by molar-refractivity contribution is 8.01. The van der Waals surface area contributed by atoms with Gasteiger partial charge in [-0.1, -0.05) is 79.9 Å². The summed E-state index contributed by atoms with van der Waals surface area (Å²) >= 11 is 3.39. The SMILES string of the molecule is C=CCOC(=O)Nc1ccc([C@@H]2O[C@H](CSc3nc4ccccc4s3)[C@H](C)[C@H](c3ccc(CO)cc3)O2)cc1. The number of thiazole rings is 1. The Bertz CT molecular complexity index is 1370. The molecular weight excluding hydrogens is 532 g/mol. The lowest BCUT2D eigenvalue weighted by Gasteiger charge is -2.41. The van der Waals surface area contributed by atoms with E-state index >= 15 is 0 Å². The standard InChI is InChI=1S/C30H30N2O5S2/c1-3-16-35-29(34)31-23-14-12-22(13-15-23)28-36-25(18-38-30-32-24-6-4-5-7-26(24)39-30)19(2)27(37-28)21-10-8-20(17-33)9-11-21/h3-15,19,25,27-28,33H,1,16-18H2,2H3,(H,31,34)/t19-,25+,27+,28+/m0/s1. The number of anilines is 1. The van der Waals surface area contributed by atoms with Gasteiger partial charge in [-0.05, 0) is 35.4 Å². The van der Waals surface area contributed by atoms with Crippen LogP contribution in [0.1, 0.15) is 36.0 Å². The zero-order chi connectivity index (χ0) is 27.2. The Labute approximate surface area is 235 Å². The van der Waals surface area contributed by atoms with E-state index in [1.165, 1.54) is 10.8 Å². The molecule has 4 atom stereocenters. The Morgan fingerprint density at radius 2 is 1.85 bits per heavy atom. The summed E-state index contributed by atoms with van der Waals surface area (Å²) < 4.78 is 20.2. The van der Waals surface area contributed by atoms with Crippen molar-refractivity contribution in [3.63, 3.8) is 0 Å². The minimum absolute atomic E-state index is 0.00393. The molecule has 1 aliphatic heterocycles. The van der Waals surface area contributed by atoms with Gasteiger partial charge in [0.05, 0.1) is 29.0 Å². The molecule has 39 heavy (non-hydrogen) atoms. The van der Waals surface area contributed by atoms with Crippen molar-refractivity contribution in [1.82, 2.24) is 4.98 Å². The van der Waals surface area contributed by atoms with Crippen LogP contribution in [-0.2, 0) is 20.8 Å². The molecule has 1 aromatic heterocycles. The lowest BCUT2D eigenvalue weighted by molar-refractivity contribution is -0.268. The largest absolute Gasteiger partial charge is 0.445 e. The number of amides is 1. The Morgan fingerprint density at radius 3 is 2.56 bits per heavy atom. The number of ether oxygens (including phenoxy) is 3. The number of aliphatic hydroxyl groups excluding tert-OH is 1. The van der Waals surface area contributed by atoms with Crippen LogP contribution in [0.5, 0.6) is 0 Å². The van der Waals surface area contributed by atoms with Crippen LogP contribution >= 0.6 is 23.1 Å². The van der Waals surface area contributed by atoms with E-state index in [0.29, 0.717) is 5.69 Å². The summed E-state index contributed by atoms with van der Waals surface area (Å²) in [6.45, 7) is 5.83. The molecule has 1 saturated heterocycles. The average molecular weight is 563 g/mol. The van der Waals surface area contributed by atoms with E-state index in [2.05, 4.69) is 24.9 Å². The smallest absolute Gasteiger partial charge is 0.411 e.